The molecule has 1 atom stereocenters. The van der Waals surface area contributed by atoms with Crippen LogP contribution >= 0.6 is 34.8 Å². The quantitative estimate of drug-likeness (QED) is 0.592. The van der Waals surface area contributed by atoms with Crippen LogP contribution in [0, 0.1) is 6.92 Å². The fourth-order valence-electron chi connectivity index (χ4n) is 1.82. The summed E-state index contributed by atoms with van der Waals surface area (Å²) in [6.45, 7) is 3.34. The van der Waals surface area contributed by atoms with Crippen molar-refractivity contribution in [1.29, 1.82) is 0 Å². The van der Waals surface area contributed by atoms with Crippen molar-refractivity contribution in [3.8, 4) is 0 Å². The molecule has 0 radical (unpaired) electrons. The van der Waals surface area contributed by atoms with Gasteiger partial charge in [-0.25, -0.2) is 9.78 Å². The number of rotatable bonds is 4. The van der Waals surface area contributed by atoms with Crippen molar-refractivity contribution in [2.75, 3.05) is 11.1 Å². The molecule has 0 aliphatic carbocycles. The maximum absolute atomic E-state index is 12.2. The van der Waals surface area contributed by atoms with Crippen molar-refractivity contribution in [3.05, 3.63) is 50.7 Å². The van der Waals surface area contributed by atoms with Gasteiger partial charge in [0.2, 0.25) is 0 Å². The molecule has 1 aromatic carbocycles. The van der Waals surface area contributed by atoms with Gasteiger partial charge in [0.05, 0.1) is 10.7 Å². The van der Waals surface area contributed by atoms with E-state index < -0.39 is 18.0 Å². The maximum Gasteiger partial charge on any atom is 0.359 e. The first-order chi connectivity index (χ1) is 11.7. The molecule has 1 amide bonds. The molecule has 3 N–H and O–H groups in total. The zero-order valence-corrected chi connectivity index (χ0v) is 15.5. The number of nitrogens with one attached hydrogen (secondary N) is 1. The van der Waals surface area contributed by atoms with Crippen molar-refractivity contribution in [3.63, 3.8) is 0 Å². The standard InChI is InChI=1S/C16H14Cl3N3O3/c1-7-3-5-9(6-4-7)21-15(23)8(2)25-16(24)13-10(17)12(20)11(18)14(19)22-13/h3-6,8H,1-2H3,(H2,20,22)(H,21,23)/t8-/m1/s1. The molecular weight excluding hydrogens is 389 g/mol. The number of aryl methyl sites for hydroxylation is 1. The summed E-state index contributed by atoms with van der Waals surface area (Å²) in [4.78, 5) is 28.1. The number of aromatic nitrogens is 1. The van der Waals surface area contributed by atoms with E-state index in [2.05, 4.69) is 10.3 Å². The molecule has 0 saturated carbocycles. The highest BCUT2D eigenvalue weighted by Crippen LogP contribution is 2.34. The summed E-state index contributed by atoms with van der Waals surface area (Å²) in [5.41, 5.74) is 6.87. The number of hydrogen-bond acceptors (Lipinski definition) is 5. The Bertz CT molecular complexity index is 826. The third-order valence-corrected chi connectivity index (χ3v) is 4.37. The van der Waals surface area contributed by atoms with Gasteiger partial charge >= 0.3 is 5.97 Å². The van der Waals surface area contributed by atoms with E-state index in [1.54, 1.807) is 12.1 Å². The van der Waals surface area contributed by atoms with Crippen LogP contribution in [0.15, 0.2) is 24.3 Å². The Hall–Kier alpha value is -2.02. The summed E-state index contributed by atoms with van der Waals surface area (Å²) in [6.07, 6.45) is -1.10. The number of nitrogen functional groups attached to an aromatic ring is 1. The summed E-state index contributed by atoms with van der Waals surface area (Å²) in [5, 5.41) is 2.19. The Balaban J connectivity index is 2.09. The van der Waals surface area contributed by atoms with Crippen LogP contribution in [-0.4, -0.2) is 23.0 Å². The molecule has 25 heavy (non-hydrogen) atoms. The molecule has 0 aliphatic heterocycles. The normalized spacial score (nSPS) is 11.7. The van der Waals surface area contributed by atoms with Gasteiger partial charge in [-0.15, -0.1) is 0 Å². The number of nitrogens with zero attached hydrogens (tertiary/aromatic N) is 1. The lowest BCUT2D eigenvalue weighted by Gasteiger charge is -2.14. The molecule has 0 aliphatic rings. The monoisotopic (exact) mass is 401 g/mol. The number of carbonyl (C=O) groups is 2. The third-order valence-electron chi connectivity index (χ3n) is 3.24. The van der Waals surface area contributed by atoms with E-state index in [4.69, 9.17) is 45.3 Å². The van der Waals surface area contributed by atoms with Crippen molar-refractivity contribution < 1.29 is 14.3 Å². The van der Waals surface area contributed by atoms with Gasteiger partial charge in [0.1, 0.15) is 5.02 Å². The number of hydrogen-bond donors (Lipinski definition) is 2. The second-order valence-corrected chi connectivity index (χ2v) is 6.31. The van der Waals surface area contributed by atoms with Crippen molar-refractivity contribution in [1.82, 2.24) is 4.98 Å². The number of esters is 1. The second-order valence-electron chi connectivity index (χ2n) is 5.20. The first kappa shape index (κ1) is 19.3. The molecule has 0 unspecified atom stereocenters. The summed E-state index contributed by atoms with van der Waals surface area (Å²) >= 11 is 17.5. The Labute approximate surface area is 159 Å². The lowest BCUT2D eigenvalue weighted by molar-refractivity contribution is -0.123. The van der Waals surface area contributed by atoms with E-state index in [1.807, 2.05) is 19.1 Å². The summed E-state index contributed by atoms with van der Waals surface area (Å²) in [5.74, 6) is -1.46. The Kier molecular flexibility index (Phi) is 6.11. The van der Waals surface area contributed by atoms with Crippen molar-refractivity contribution >= 4 is 58.1 Å². The van der Waals surface area contributed by atoms with Gasteiger partial charge in [0.25, 0.3) is 5.91 Å². The number of nitrogens with two attached hydrogens (primary N) is 1. The molecule has 2 rings (SSSR count). The average molecular weight is 403 g/mol. The molecule has 0 spiro atoms. The predicted octanol–water partition coefficient (Wildman–Crippen LogP) is 4.12. The summed E-state index contributed by atoms with van der Waals surface area (Å²) < 4.78 is 5.07. The largest absolute Gasteiger partial charge is 0.448 e. The van der Waals surface area contributed by atoms with Gasteiger partial charge in [-0.1, -0.05) is 52.5 Å². The molecule has 6 nitrogen and oxygen atoms in total. The van der Waals surface area contributed by atoms with Crippen molar-refractivity contribution in [2.45, 2.75) is 20.0 Å². The number of ether oxygens (including phenoxy) is 1. The topological polar surface area (TPSA) is 94.3 Å². The summed E-state index contributed by atoms with van der Waals surface area (Å²) in [6, 6.07) is 7.16. The van der Waals surface area contributed by atoms with E-state index in [-0.39, 0.29) is 26.6 Å². The van der Waals surface area contributed by atoms with E-state index in [9.17, 15) is 9.59 Å². The van der Waals surface area contributed by atoms with E-state index >= 15 is 0 Å². The fraction of sp³-hybridized carbons (Fsp3) is 0.188. The molecule has 132 valence electrons. The number of pyridine rings is 1. The first-order valence-electron chi connectivity index (χ1n) is 7.09. The van der Waals surface area contributed by atoms with E-state index in [0.717, 1.165) is 5.56 Å². The van der Waals surface area contributed by atoms with Crippen LogP contribution in [0.1, 0.15) is 23.0 Å². The highest BCUT2D eigenvalue weighted by Gasteiger charge is 2.25. The number of benzene rings is 1. The molecule has 1 heterocycles. The molecule has 0 saturated heterocycles. The summed E-state index contributed by atoms with van der Waals surface area (Å²) in [7, 11) is 0. The molecule has 9 heteroatoms. The van der Waals surface area contributed by atoms with E-state index in [0.29, 0.717) is 5.69 Å². The molecular formula is C16H14Cl3N3O3. The number of anilines is 2. The minimum absolute atomic E-state index is 0.0617. The van der Waals surface area contributed by atoms with E-state index in [1.165, 1.54) is 6.92 Å². The van der Waals surface area contributed by atoms with Crippen LogP contribution in [0.3, 0.4) is 0 Å². The van der Waals surface area contributed by atoms with Gasteiger partial charge in [0, 0.05) is 5.69 Å². The lowest BCUT2D eigenvalue weighted by atomic mass is 10.2. The highest BCUT2D eigenvalue weighted by molar-refractivity contribution is 6.46. The van der Waals surface area contributed by atoms with Crippen molar-refractivity contribution in [2.24, 2.45) is 0 Å². The van der Waals surface area contributed by atoms with Crippen LogP contribution in [0.2, 0.25) is 15.2 Å². The predicted molar refractivity (Wildman–Crippen MR) is 98.4 cm³/mol. The zero-order valence-electron chi connectivity index (χ0n) is 13.3. The van der Waals surface area contributed by atoms with Gasteiger partial charge in [-0.3, -0.25) is 4.79 Å². The second kappa shape index (κ2) is 7.91. The Morgan fingerprint density at radius 3 is 2.36 bits per heavy atom. The molecule has 0 bridgehead atoms. The third kappa shape index (κ3) is 4.54. The van der Waals surface area contributed by atoms with Gasteiger partial charge in [-0.2, -0.15) is 0 Å². The lowest BCUT2D eigenvalue weighted by Crippen LogP contribution is -2.30. The molecule has 0 fully saturated rings. The highest BCUT2D eigenvalue weighted by atomic mass is 35.5. The Morgan fingerprint density at radius 1 is 1.16 bits per heavy atom. The fourth-order valence-corrected chi connectivity index (χ4v) is 2.40. The van der Waals surface area contributed by atoms with Crippen LogP contribution in [0.5, 0.6) is 0 Å². The zero-order chi connectivity index (χ0) is 18.7. The van der Waals surface area contributed by atoms with Gasteiger partial charge in [0.15, 0.2) is 17.0 Å². The number of halogens is 3. The van der Waals surface area contributed by atoms with Crippen LogP contribution in [0.25, 0.3) is 0 Å². The maximum atomic E-state index is 12.2. The average Bonchev–Trinajstić information content (AvgIpc) is 2.58. The van der Waals surface area contributed by atoms with Crippen LogP contribution in [-0.2, 0) is 9.53 Å². The minimum atomic E-state index is -1.10. The molecule has 1 aromatic heterocycles. The van der Waals surface area contributed by atoms with Crippen LogP contribution in [0.4, 0.5) is 11.4 Å². The number of carbonyl (C=O) groups excluding carboxylic acids is 2. The van der Waals surface area contributed by atoms with Gasteiger partial charge in [-0.05, 0) is 26.0 Å². The first-order valence-corrected chi connectivity index (χ1v) is 8.22. The Morgan fingerprint density at radius 2 is 1.76 bits per heavy atom. The van der Waals surface area contributed by atoms with Gasteiger partial charge < -0.3 is 15.8 Å². The number of amides is 1. The molecule has 2 aromatic rings. The SMILES string of the molecule is Cc1ccc(NC(=O)[C@@H](C)OC(=O)c2nc(Cl)c(Cl)c(N)c2Cl)cc1. The smallest absolute Gasteiger partial charge is 0.359 e. The minimum Gasteiger partial charge on any atom is -0.448 e. The van der Waals surface area contributed by atoms with Crippen LogP contribution < -0.4 is 11.1 Å².